The Balaban J connectivity index is 2.81. The van der Waals surface area contributed by atoms with Crippen LogP contribution in [0.5, 0.6) is 0 Å². The molecule has 0 radical (unpaired) electrons. The fraction of sp³-hybridized carbons (Fsp3) is 0.429. The first kappa shape index (κ1) is 18.4. The van der Waals surface area contributed by atoms with Crippen molar-refractivity contribution in [2.75, 3.05) is 12.9 Å². The third kappa shape index (κ3) is 5.65. The number of sulfone groups is 1. The number of hydrogen-bond acceptors (Lipinski definition) is 6. The largest absolute Gasteiger partial charge is 0.457 e. The number of carbonyl (C=O) groups excluding carboxylic acids is 2. The number of carbonyl (C=O) groups is 2. The van der Waals surface area contributed by atoms with Crippen LogP contribution in [0.2, 0.25) is 5.02 Å². The van der Waals surface area contributed by atoms with Crippen molar-refractivity contribution < 1.29 is 27.5 Å². The molecular weight excluding hydrogens is 332 g/mol. The lowest BCUT2D eigenvalue weighted by Gasteiger charge is -2.19. The van der Waals surface area contributed by atoms with E-state index < -0.39 is 34.0 Å². The highest BCUT2D eigenvalue weighted by Crippen LogP contribution is 2.23. The summed E-state index contributed by atoms with van der Waals surface area (Å²) >= 11 is 5.78. The van der Waals surface area contributed by atoms with Crippen LogP contribution in [-0.2, 0) is 24.1 Å². The van der Waals surface area contributed by atoms with Crippen LogP contribution in [0.25, 0.3) is 0 Å². The van der Waals surface area contributed by atoms with E-state index >= 15 is 0 Å². The Hall–Kier alpha value is -1.60. The van der Waals surface area contributed by atoms with Crippen molar-refractivity contribution in [2.24, 2.45) is 0 Å². The van der Waals surface area contributed by atoms with E-state index in [4.69, 9.17) is 21.1 Å². The summed E-state index contributed by atoms with van der Waals surface area (Å²) in [5.74, 6) is -1.54. The highest BCUT2D eigenvalue weighted by atomic mass is 35.5. The second-order valence-corrected chi connectivity index (χ2v) is 7.97. The molecule has 8 heteroatoms. The molecule has 0 spiro atoms. The maximum absolute atomic E-state index is 11.8. The van der Waals surface area contributed by atoms with Crippen molar-refractivity contribution in [3.63, 3.8) is 0 Å². The molecule has 1 aromatic rings. The van der Waals surface area contributed by atoms with Crippen molar-refractivity contribution >= 4 is 33.4 Å². The zero-order chi connectivity index (χ0) is 17.1. The first-order valence-corrected chi connectivity index (χ1v) is 8.55. The lowest BCUT2D eigenvalue weighted by molar-refractivity contribution is -0.158. The van der Waals surface area contributed by atoms with Gasteiger partial charge in [0, 0.05) is 6.26 Å². The molecule has 122 valence electrons. The van der Waals surface area contributed by atoms with E-state index in [0.29, 0.717) is 0 Å². The Morgan fingerprint density at radius 3 is 2.32 bits per heavy atom. The molecule has 0 fully saturated rings. The molecule has 6 nitrogen and oxygen atoms in total. The van der Waals surface area contributed by atoms with E-state index in [2.05, 4.69) is 0 Å². The molecule has 0 aliphatic heterocycles. The lowest BCUT2D eigenvalue weighted by atomic mass is 10.2. The summed E-state index contributed by atoms with van der Waals surface area (Å²) in [6, 6.07) is 3.70. The van der Waals surface area contributed by atoms with Gasteiger partial charge in [-0.2, -0.15) is 0 Å². The Labute approximate surface area is 134 Å². The standard InChI is InChI=1S/C14H17ClO6S/c1-14(2,3)21-12(16)8-20-13(17)9-5-6-10(15)11(7-9)22(4,18)19/h5-7H,8H2,1-4H3. The monoisotopic (exact) mass is 348 g/mol. The second-order valence-electron chi connectivity index (χ2n) is 5.58. The van der Waals surface area contributed by atoms with Crippen LogP contribution in [-0.4, -0.2) is 38.8 Å². The van der Waals surface area contributed by atoms with Crippen molar-refractivity contribution in [2.45, 2.75) is 31.3 Å². The summed E-state index contributed by atoms with van der Waals surface area (Å²) in [6.07, 6.45) is 0.976. The maximum atomic E-state index is 11.8. The highest BCUT2D eigenvalue weighted by molar-refractivity contribution is 7.90. The minimum atomic E-state index is -3.58. The van der Waals surface area contributed by atoms with Gasteiger partial charge < -0.3 is 9.47 Å². The summed E-state index contributed by atoms with van der Waals surface area (Å²) in [5.41, 5.74) is -0.707. The number of ether oxygens (including phenoxy) is 2. The average molecular weight is 349 g/mol. The summed E-state index contributed by atoms with van der Waals surface area (Å²) in [7, 11) is -3.58. The smallest absolute Gasteiger partial charge is 0.344 e. The van der Waals surface area contributed by atoms with Gasteiger partial charge in [0.1, 0.15) is 5.60 Å². The van der Waals surface area contributed by atoms with E-state index in [1.807, 2.05) is 0 Å². The first-order chi connectivity index (χ1) is 9.90. The Morgan fingerprint density at radius 2 is 1.82 bits per heavy atom. The van der Waals surface area contributed by atoms with Crippen molar-refractivity contribution in [1.82, 2.24) is 0 Å². The second kappa shape index (κ2) is 6.66. The third-order valence-corrected chi connectivity index (χ3v) is 3.89. The highest BCUT2D eigenvalue weighted by Gasteiger charge is 2.20. The average Bonchev–Trinajstić information content (AvgIpc) is 2.33. The van der Waals surface area contributed by atoms with Crippen molar-refractivity contribution in [1.29, 1.82) is 0 Å². The zero-order valence-corrected chi connectivity index (χ0v) is 14.2. The van der Waals surface area contributed by atoms with E-state index in [1.165, 1.54) is 12.1 Å². The first-order valence-electron chi connectivity index (χ1n) is 6.29. The predicted molar refractivity (Wildman–Crippen MR) is 80.7 cm³/mol. The Kier molecular flexibility index (Phi) is 5.59. The predicted octanol–water partition coefficient (Wildman–Crippen LogP) is 2.24. The molecule has 0 unspecified atom stereocenters. The van der Waals surface area contributed by atoms with Gasteiger partial charge in [-0.15, -0.1) is 0 Å². The van der Waals surface area contributed by atoms with Crippen LogP contribution in [0.4, 0.5) is 0 Å². The minimum absolute atomic E-state index is 0.00573. The third-order valence-electron chi connectivity index (χ3n) is 2.31. The normalized spacial score (nSPS) is 11.9. The molecule has 0 amide bonds. The molecular formula is C14H17ClO6S. The van der Waals surface area contributed by atoms with Crippen molar-refractivity contribution in [3.05, 3.63) is 28.8 Å². The summed E-state index contributed by atoms with van der Waals surface area (Å²) in [5, 5.41) is 0.00573. The molecule has 0 atom stereocenters. The van der Waals surface area contributed by atoms with Crippen LogP contribution in [0.3, 0.4) is 0 Å². The molecule has 22 heavy (non-hydrogen) atoms. The van der Waals surface area contributed by atoms with Crippen molar-refractivity contribution in [3.8, 4) is 0 Å². The Bertz CT molecular complexity index is 688. The minimum Gasteiger partial charge on any atom is -0.457 e. The van der Waals surface area contributed by atoms with Gasteiger partial charge in [-0.05, 0) is 39.0 Å². The van der Waals surface area contributed by atoms with Gasteiger partial charge in [0.25, 0.3) is 0 Å². The molecule has 0 aliphatic rings. The van der Waals surface area contributed by atoms with E-state index in [-0.39, 0.29) is 15.5 Å². The molecule has 0 saturated carbocycles. The maximum Gasteiger partial charge on any atom is 0.344 e. The number of esters is 2. The van der Waals surface area contributed by atoms with Gasteiger partial charge in [0.2, 0.25) is 0 Å². The fourth-order valence-corrected chi connectivity index (χ4v) is 2.79. The summed E-state index contributed by atoms with van der Waals surface area (Å²) < 4.78 is 32.9. The SMILES string of the molecule is CC(C)(C)OC(=O)COC(=O)c1ccc(Cl)c(S(C)(=O)=O)c1. The van der Waals surface area contributed by atoms with Crippen LogP contribution in [0, 0.1) is 0 Å². The zero-order valence-electron chi connectivity index (χ0n) is 12.7. The number of rotatable bonds is 4. The van der Waals surface area contributed by atoms with E-state index in [1.54, 1.807) is 20.8 Å². The van der Waals surface area contributed by atoms with E-state index in [0.717, 1.165) is 12.3 Å². The van der Waals surface area contributed by atoms with Crippen LogP contribution >= 0.6 is 11.6 Å². The molecule has 0 bridgehead atoms. The molecule has 0 heterocycles. The fourth-order valence-electron chi connectivity index (χ4n) is 1.49. The lowest BCUT2D eigenvalue weighted by Crippen LogP contribution is -2.27. The van der Waals surface area contributed by atoms with Crippen LogP contribution < -0.4 is 0 Å². The Morgan fingerprint density at radius 1 is 1.23 bits per heavy atom. The van der Waals surface area contributed by atoms with Gasteiger partial charge in [0.05, 0.1) is 15.5 Å². The van der Waals surface area contributed by atoms with Gasteiger partial charge >= 0.3 is 11.9 Å². The van der Waals surface area contributed by atoms with Gasteiger partial charge in [-0.25, -0.2) is 18.0 Å². The van der Waals surface area contributed by atoms with Gasteiger partial charge in [-0.3, -0.25) is 0 Å². The molecule has 0 saturated heterocycles. The molecule has 1 rings (SSSR count). The summed E-state index contributed by atoms with van der Waals surface area (Å²) in [4.78, 5) is 23.1. The van der Waals surface area contributed by atoms with E-state index in [9.17, 15) is 18.0 Å². The quantitative estimate of drug-likeness (QED) is 0.775. The topological polar surface area (TPSA) is 86.7 Å². The van der Waals surface area contributed by atoms with Gasteiger partial charge in [-0.1, -0.05) is 11.6 Å². The molecule has 0 aliphatic carbocycles. The molecule has 0 N–H and O–H groups in total. The van der Waals surface area contributed by atoms with Crippen LogP contribution in [0.15, 0.2) is 23.1 Å². The number of hydrogen-bond donors (Lipinski definition) is 0. The summed E-state index contributed by atoms with van der Waals surface area (Å²) in [6.45, 7) is 4.49. The molecule has 0 aromatic heterocycles. The van der Waals surface area contributed by atoms with Crippen LogP contribution in [0.1, 0.15) is 31.1 Å². The number of halogens is 1. The van der Waals surface area contributed by atoms with Gasteiger partial charge in [0.15, 0.2) is 16.4 Å². The number of benzene rings is 1. The molecule has 1 aromatic carbocycles.